The normalized spacial score (nSPS) is 14.7. The lowest BCUT2D eigenvalue weighted by molar-refractivity contribution is -0.870. The van der Waals surface area contributed by atoms with Crippen molar-refractivity contribution < 1.29 is 42.1 Å². The number of unbranched alkanes of at least 4 members (excludes halogenated alkanes) is 6. The molecule has 0 aliphatic rings. The predicted molar refractivity (Wildman–Crippen MR) is 185 cm³/mol. The Kier molecular flexibility index (Phi) is 27.5. The highest BCUT2D eigenvalue weighted by Crippen LogP contribution is 2.38. The number of allylic oxidation sites excluding steroid dienone is 9. The molecule has 0 aromatic heterocycles. The molecule has 2 atom stereocenters. The van der Waals surface area contributed by atoms with E-state index >= 15 is 0 Å². The highest BCUT2D eigenvalue weighted by molar-refractivity contribution is 7.45. The number of phosphoric ester groups is 1. The summed E-state index contributed by atoms with van der Waals surface area (Å²) in [4.78, 5) is 37.0. The van der Waals surface area contributed by atoms with Crippen molar-refractivity contribution in [3.05, 3.63) is 60.8 Å². The van der Waals surface area contributed by atoms with Gasteiger partial charge in [-0.25, -0.2) is 0 Å². The second-order valence-corrected chi connectivity index (χ2v) is 13.6. The molecule has 0 N–H and O–H groups in total. The lowest BCUT2D eigenvalue weighted by Gasteiger charge is -2.28. The van der Waals surface area contributed by atoms with Gasteiger partial charge in [0.05, 0.1) is 34.2 Å². The maximum Gasteiger partial charge on any atom is 0.310 e. The number of ether oxygens (including phenoxy) is 2. The first-order valence-corrected chi connectivity index (χ1v) is 18.5. The van der Waals surface area contributed by atoms with Crippen molar-refractivity contribution in [2.75, 3.05) is 47.5 Å². The van der Waals surface area contributed by atoms with Gasteiger partial charge < -0.3 is 27.9 Å². The zero-order valence-electron chi connectivity index (χ0n) is 29.2. The highest BCUT2D eigenvalue weighted by Gasteiger charge is 2.21. The number of carbonyl (C=O) groups excluding carboxylic acids is 2. The van der Waals surface area contributed by atoms with Crippen molar-refractivity contribution in [2.24, 2.45) is 0 Å². The Balaban J connectivity index is 4.66. The Morgan fingerprint density at radius 3 is 1.76 bits per heavy atom. The van der Waals surface area contributed by atoms with Crippen LogP contribution in [0.25, 0.3) is 0 Å². The summed E-state index contributed by atoms with van der Waals surface area (Å²) >= 11 is 0. The third-order valence-electron chi connectivity index (χ3n) is 6.59. The van der Waals surface area contributed by atoms with Crippen LogP contribution >= 0.6 is 7.82 Å². The van der Waals surface area contributed by atoms with Crippen LogP contribution in [0.3, 0.4) is 0 Å². The standard InChI is InChI=1S/C36H62NO8P/c1-6-8-10-12-14-15-16-17-18-19-20-21-23-25-27-29-36(39)45-34(33-44-46(40,41)43-31-30-37(3,4)5)32-42-35(38)28-26-24-22-13-11-9-7-2/h8,10,14-15,17-18,20-21,25,27,34H,6-7,9,11-13,16,19,22-24,26,28-33H2,1-5H3/b10-8-,15-14-,18-17-,21-20-,27-25-. The predicted octanol–water partition coefficient (Wildman–Crippen LogP) is 7.93. The fraction of sp³-hybridized carbons (Fsp3) is 0.667. The molecule has 0 bridgehead atoms. The SMILES string of the molecule is CC/C=C\C/C=C\C/C=C\C/C=C\C/C=C\CC(=O)OC(COC(=O)CCCCCCCCC)COP(=O)([O-])OCC[N+](C)(C)C. The van der Waals surface area contributed by atoms with Crippen LogP contribution in [0.15, 0.2) is 60.8 Å². The molecule has 0 aromatic rings. The first-order valence-electron chi connectivity index (χ1n) is 17.0. The number of nitrogens with zero attached hydrogens (tertiary/aromatic N) is 1. The van der Waals surface area contributed by atoms with E-state index in [2.05, 4.69) is 56.4 Å². The molecule has 0 saturated carbocycles. The van der Waals surface area contributed by atoms with E-state index in [0.29, 0.717) is 23.9 Å². The number of likely N-dealkylation sites (N-methyl/N-ethyl adjacent to an activating group) is 1. The van der Waals surface area contributed by atoms with E-state index in [4.69, 9.17) is 18.5 Å². The Labute approximate surface area is 279 Å². The van der Waals surface area contributed by atoms with Gasteiger partial charge >= 0.3 is 11.9 Å². The quantitative estimate of drug-likeness (QED) is 0.0260. The molecule has 0 heterocycles. The zero-order valence-corrected chi connectivity index (χ0v) is 30.1. The van der Waals surface area contributed by atoms with Gasteiger partial charge in [-0.1, -0.05) is 113 Å². The van der Waals surface area contributed by atoms with E-state index in [9.17, 15) is 19.0 Å². The van der Waals surface area contributed by atoms with Crippen LogP contribution in [0.5, 0.6) is 0 Å². The number of esters is 2. The molecule has 0 aromatic carbocycles. The number of carbonyl (C=O) groups is 2. The van der Waals surface area contributed by atoms with Crippen LogP contribution in [0, 0.1) is 0 Å². The summed E-state index contributed by atoms with van der Waals surface area (Å²) < 4.78 is 33.4. The largest absolute Gasteiger partial charge is 0.756 e. The summed E-state index contributed by atoms with van der Waals surface area (Å²) in [6.45, 7) is 3.90. The minimum absolute atomic E-state index is 0.00889. The van der Waals surface area contributed by atoms with Crippen molar-refractivity contribution in [1.29, 1.82) is 0 Å². The van der Waals surface area contributed by atoms with Gasteiger partial charge in [-0.3, -0.25) is 14.2 Å². The molecule has 2 unspecified atom stereocenters. The van der Waals surface area contributed by atoms with E-state index < -0.39 is 32.5 Å². The van der Waals surface area contributed by atoms with Gasteiger partial charge in [-0.2, -0.15) is 0 Å². The fourth-order valence-corrected chi connectivity index (χ4v) is 4.63. The Hall–Kier alpha value is -2.29. The van der Waals surface area contributed by atoms with Crippen molar-refractivity contribution in [2.45, 2.75) is 110 Å². The van der Waals surface area contributed by atoms with E-state index in [-0.39, 0.29) is 26.1 Å². The molecule has 0 fully saturated rings. The Morgan fingerprint density at radius 1 is 0.696 bits per heavy atom. The number of rotatable bonds is 29. The minimum atomic E-state index is -4.63. The summed E-state index contributed by atoms with van der Waals surface area (Å²) in [7, 11) is 1.10. The Bertz CT molecular complexity index is 981. The van der Waals surface area contributed by atoms with Crippen molar-refractivity contribution in [3.63, 3.8) is 0 Å². The lowest BCUT2D eigenvalue weighted by Crippen LogP contribution is -2.37. The summed E-state index contributed by atoms with van der Waals surface area (Å²) in [5.74, 6) is -0.998. The van der Waals surface area contributed by atoms with Crippen LogP contribution < -0.4 is 4.89 Å². The van der Waals surface area contributed by atoms with E-state index in [0.717, 1.165) is 44.9 Å². The molecule has 264 valence electrons. The van der Waals surface area contributed by atoms with Gasteiger partial charge in [-0.05, 0) is 38.5 Å². The van der Waals surface area contributed by atoms with Crippen LogP contribution in [0.2, 0.25) is 0 Å². The molecule has 0 aliphatic heterocycles. The third-order valence-corrected chi connectivity index (χ3v) is 7.55. The van der Waals surface area contributed by atoms with E-state index in [1.165, 1.54) is 19.3 Å². The van der Waals surface area contributed by atoms with Crippen molar-refractivity contribution >= 4 is 19.8 Å². The number of hydrogen-bond acceptors (Lipinski definition) is 8. The summed E-state index contributed by atoms with van der Waals surface area (Å²) in [6.07, 6.45) is 31.6. The first kappa shape index (κ1) is 43.7. The van der Waals surface area contributed by atoms with Gasteiger partial charge in [0, 0.05) is 6.42 Å². The molecule has 10 heteroatoms. The number of quaternary nitrogens is 1. The van der Waals surface area contributed by atoms with E-state index in [1.807, 2.05) is 33.3 Å². The maximum absolute atomic E-state index is 12.5. The van der Waals surface area contributed by atoms with Crippen LogP contribution in [0.1, 0.15) is 104 Å². The van der Waals surface area contributed by atoms with Gasteiger partial charge in [0.1, 0.15) is 19.8 Å². The number of phosphoric acid groups is 1. The number of hydrogen-bond donors (Lipinski definition) is 0. The summed E-state index contributed by atoms with van der Waals surface area (Å²) in [5, 5.41) is 0. The van der Waals surface area contributed by atoms with E-state index in [1.54, 1.807) is 6.08 Å². The minimum Gasteiger partial charge on any atom is -0.756 e. The fourth-order valence-electron chi connectivity index (χ4n) is 3.90. The molecule has 0 spiro atoms. The smallest absolute Gasteiger partial charge is 0.310 e. The lowest BCUT2D eigenvalue weighted by atomic mass is 10.1. The molecule has 0 rings (SSSR count). The molecule has 0 saturated heterocycles. The maximum atomic E-state index is 12.5. The zero-order chi connectivity index (χ0) is 34.4. The monoisotopic (exact) mass is 667 g/mol. The van der Waals surface area contributed by atoms with Crippen molar-refractivity contribution in [3.8, 4) is 0 Å². The molecule has 46 heavy (non-hydrogen) atoms. The van der Waals surface area contributed by atoms with Gasteiger partial charge in [0.15, 0.2) is 6.10 Å². The second kappa shape index (κ2) is 28.9. The van der Waals surface area contributed by atoms with Crippen LogP contribution in [-0.4, -0.2) is 70.0 Å². The van der Waals surface area contributed by atoms with Crippen LogP contribution in [0.4, 0.5) is 0 Å². The van der Waals surface area contributed by atoms with Gasteiger partial charge in [-0.15, -0.1) is 0 Å². The topological polar surface area (TPSA) is 111 Å². The molecular weight excluding hydrogens is 605 g/mol. The molecular formula is C36H62NO8P. The highest BCUT2D eigenvalue weighted by atomic mass is 31.2. The molecule has 9 nitrogen and oxygen atoms in total. The molecule has 0 aliphatic carbocycles. The average molecular weight is 668 g/mol. The van der Waals surface area contributed by atoms with Gasteiger partial charge in [0.25, 0.3) is 7.82 Å². The average Bonchev–Trinajstić information content (AvgIpc) is 2.99. The van der Waals surface area contributed by atoms with Gasteiger partial charge in [0.2, 0.25) is 0 Å². The summed E-state index contributed by atoms with van der Waals surface area (Å²) in [6, 6.07) is 0. The Morgan fingerprint density at radius 2 is 1.22 bits per heavy atom. The molecule has 0 amide bonds. The third kappa shape index (κ3) is 31.7. The molecule has 0 radical (unpaired) electrons. The second-order valence-electron chi connectivity index (χ2n) is 12.2. The first-order chi connectivity index (χ1) is 22.0. The summed E-state index contributed by atoms with van der Waals surface area (Å²) in [5.41, 5.74) is 0. The van der Waals surface area contributed by atoms with Crippen molar-refractivity contribution in [1.82, 2.24) is 0 Å². The van der Waals surface area contributed by atoms with Crippen LogP contribution in [-0.2, 0) is 32.7 Å².